The van der Waals surface area contributed by atoms with Gasteiger partial charge in [-0.25, -0.2) is 9.78 Å². The molecule has 2 aromatic carbocycles. The van der Waals surface area contributed by atoms with E-state index in [1.54, 1.807) is 24.4 Å². The Morgan fingerprint density at radius 1 is 1.03 bits per heavy atom. The molecule has 10 nitrogen and oxygen atoms in total. The Labute approximate surface area is 175 Å². The van der Waals surface area contributed by atoms with Crippen molar-refractivity contribution in [2.75, 3.05) is 12.4 Å². The van der Waals surface area contributed by atoms with Crippen LogP contribution < -0.4 is 10.1 Å². The zero-order valence-corrected chi connectivity index (χ0v) is 16.2. The van der Waals surface area contributed by atoms with Crippen molar-refractivity contribution in [2.24, 2.45) is 0 Å². The maximum absolute atomic E-state index is 11.8. The van der Waals surface area contributed by atoms with Gasteiger partial charge in [0, 0.05) is 11.6 Å². The van der Waals surface area contributed by atoms with Crippen LogP contribution in [0.25, 0.3) is 10.9 Å². The molecule has 1 N–H and O–H groups in total. The van der Waals surface area contributed by atoms with Crippen LogP contribution in [0, 0.1) is 10.1 Å². The van der Waals surface area contributed by atoms with Gasteiger partial charge < -0.3 is 14.8 Å². The number of carbonyl (C=O) groups is 1. The van der Waals surface area contributed by atoms with E-state index in [1.165, 1.54) is 31.4 Å². The predicted molar refractivity (Wildman–Crippen MR) is 112 cm³/mol. The molecule has 0 aliphatic carbocycles. The highest BCUT2D eigenvalue weighted by molar-refractivity contribution is 5.92. The number of hydrogen-bond acceptors (Lipinski definition) is 9. The van der Waals surface area contributed by atoms with E-state index in [1.807, 2.05) is 12.1 Å². The van der Waals surface area contributed by atoms with Gasteiger partial charge in [-0.1, -0.05) is 18.2 Å². The summed E-state index contributed by atoms with van der Waals surface area (Å²) in [6, 6.07) is 15.1. The summed E-state index contributed by atoms with van der Waals surface area (Å²) in [5, 5.41) is 15.6. The van der Waals surface area contributed by atoms with Crippen LogP contribution in [0.15, 0.2) is 67.1 Å². The SMILES string of the molecule is COC(=O)c1ccc(Oc2ncnc(Nc3cccc4cccnc34)c2[N+](=O)[O-])cc1. The maximum Gasteiger partial charge on any atom is 0.373 e. The molecule has 31 heavy (non-hydrogen) atoms. The van der Waals surface area contributed by atoms with Gasteiger partial charge in [-0.15, -0.1) is 0 Å². The second-order valence-corrected chi connectivity index (χ2v) is 6.26. The number of pyridine rings is 1. The number of anilines is 2. The molecule has 2 aromatic heterocycles. The van der Waals surface area contributed by atoms with E-state index in [-0.39, 0.29) is 17.4 Å². The second-order valence-electron chi connectivity index (χ2n) is 6.26. The number of aromatic nitrogens is 3. The molecule has 0 bridgehead atoms. The van der Waals surface area contributed by atoms with E-state index in [4.69, 9.17) is 4.74 Å². The number of carbonyl (C=O) groups excluding carboxylic acids is 1. The summed E-state index contributed by atoms with van der Waals surface area (Å²) in [6.07, 6.45) is 2.79. The van der Waals surface area contributed by atoms with Crippen LogP contribution in [0.1, 0.15) is 10.4 Å². The van der Waals surface area contributed by atoms with Crippen molar-refractivity contribution in [2.45, 2.75) is 0 Å². The van der Waals surface area contributed by atoms with Crippen LogP contribution in [0.5, 0.6) is 11.6 Å². The number of fused-ring (bicyclic) bond motifs is 1. The molecule has 0 radical (unpaired) electrons. The van der Waals surface area contributed by atoms with Crippen LogP contribution in [0.4, 0.5) is 17.2 Å². The lowest BCUT2D eigenvalue weighted by Crippen LogP contribution is -2.04. The zero-order chi connectivity index (χ0) is 21.8. The standard InChI is InChI=1S/C21H15N5O5/c1-30-21(27)14-7-9-15(10-8-14)31-20-18(26(28)29)19(23-12-24-20)25-16-6-2-4-13-5-3-11-22-17(13)16/h2-12H,1H3,(H,23,24,25). The van der Waals surface area contributed by atoms with Crippen molar-refractivity contribution in [1.29, 1.82) is 0 Å². The van der Waals surface area contributed by atoms with E-state index >= 15 is 0 Å². The number of nitro groups is 1. The van der Waals surface area contributed by atoms with Crippen molar-refractivity contribution in [3.63, 3.8) is 0 Å². The first-order valence-electron chi connectivity index (χ1n) is 9.03. The van der Waals surface area contributed by atoms with Gasteiger partial charge in [-0.2, -0.15) is 4.98 Å². The van der Waals surface area contributed by atoms with Crippen LogP contribution in [0.2, 0.25) is 0 Å². The second kappa shape index (κ2) is 8.41. The molecule has 0 amide bonds. The fourth-order valence-electron chi connectivity index (χ4n) is 2.91. The van der Waals surface area contributed by atoms with Crippen LogP contribution in [0.3, 0.4) is 0 Å². The topological polar surface area (TPSA) is 129 Å². The van der Waals surface area contributed by atoms with Crippen molar-refractivity contribution < 1.29 is 19.2 Å². The molecular weight excluding hydrogens is 402 g/mol. The average molecular weight is 417 g/mol. The van der Waals surface area contributed by atoms with Crippen LogP contribution >= 0.6 is 0 Å². The molecule has 0 saturated heterocycles. The molecule has 4 rings (SSSR count). The molecule has 10 heteroatoms. The average Bonchev–Trinajstić information content (AvgIpc) is 2.79. The molecule has 0 spiro atoms. The normalized spacial score (nSPS) is 10.5. The fourth-order valence-corrected chi connectivity index (χ4v) is 2.91. The van der Waals surface area contributed by atoms with Gasteiger partial charge in [0.1, 0.15) is 12.1 Å². The summed E-state index contributed by atoms with van der Waals surface area (Å²) < 4.78 is 10.2. The Kier molecular flexibility index (Phi) is 5.35. The largest absolute Gasteiger partial charge is 0.465 e. The fraction of sp³-hybridized carbons (Fsp3) is 0.0476. The van der Waals surface area contributed by atoms with Crippen molar-refractivity contribution >= 4 is 34.1 Å². The van der Waals surface area contributed by atoms with Crippen molar-refractivity contribution in [3.8, 4) is 11.6 Å². The monoisotopic (exact) mass is 417 g/mol. The minimum absolute atomic E-state index is 0.0423. The van der Waals surface area contributed by atoms with E-state index in [0.717, 1.165) is 11.7 Å². The molecule has 0 aliphatic heterocycles. The number of methoxy groups -OCH3 is 1. The number of benzene rings is 2. The minimum atomic E-state index is -0.626. The number of para-hydroxylation sites is 1. The Morgan fingerprint density at radius 3 is 2.55 bits per heavy atom. The van der Waals surface area contributed by atoms with E-state index in [2.05, 4.69) is 25.0 Å². The zero-order valence-electron chi connectivity index (χ0n) is 16.2. The number of rotatable bonds is 6. The summed E-state index contributed by atoms with van der Waals surface area (Å²) in [7, 11) is 1.27. The maximum atomic E-state index is 11.8. The van der Waals surface area contributed by atoms with Crippen molar-refractivity contribution in [3.05, 3.63) is 82.8 Å². The molecule has 2 heterocycles. The van der Waals surface area contributed by atoms with Gasteiger partial charge in [0.25, 0.3) is 0 Å². The summed E-state index contributed by atoms with van der Waals surface area (Å²) >= 11 is 0. The first kappa shape index (κ1) is 19.7. The third kappa shape index (κ3) is 4.08. The summed E-state index contributed by atoms with van der Waals surface area (Å²) in [4.78, 5) is 35.0. The number of hydrogen-bond donors (Lipinski definition) is 1. The van der Waals surface area contributed by atoms with Crippen molar-refractivity contribution in [1.82, 2.24) is 15.0 Å². The lowest BCUT2D eigenvalue weighted by molar-refractivity contribution is -0.385. The minimum Gasteiger partial charge on any atom is -0.465 e. The Balaban J connectivity index is 1.68. The first-order valence-corrected chi connectivity index (χ1v) is 9.03. The number of ether oxygens (including phenoxy) is 2. The summed E-state index contributed by atoms with van der Waals surface area (Å²) in [5.74, 6) is -0.539. The molecular formula is C21H15N5O5. The lowest BCUT2D eigenvalue weighted by Gasteiger charge is -2.11. The summed E-state index contributed by atoms with van der Waals surface area (Å²) in [6.45, 7) is 0. The van der Waals surface area contributed by atoms with Gasteiger partial charge in [0.05, 0.1) is 28.8 Å². The van der Waals surface area contributed by atoms with E-state index in [9.17, 15) is 14.9 Å². The van der Waals surface area contributed by atoms with E-state index in [0.29, 0.717) is 16.8 Å². The first-order chi connectivity index (χ1) is 15.1. The molecule has 154 valence electrons. The van der Waals surface area contributed by atoms with Crippen LogP contribution in [-0.4, -0.2) is 33.0 Å². The Hall–Kier alpha value is -4.60. The van der Waals surface area contributed by atoms with Crippen LogP contribution in [-0.2, 0) is 4.74 Å². The molecule has 0 saturated carbocycles. The predicted octanol–water partition coefficient (Wildman–Crippen LogP) is 4.26. The van der Waals surface area contributed by atoms with E-state index < -0.39 is 16.6 Å². The third-order valence-electron chi connectivity index (χ3n) is 4.35. The highest BCUT2D eigenvalue weighted by atomic mass is 16.6. The highest BCUT2D eigenvalue weighted by Crippen LogP contribution is 2.36. The smallest absolute Gasteiger partial charge is 0.373 e. The molecule has 0 atom stereocenters. The quantitative estimate of drug-likeness (QED) is 0.278. The Morgan fingerprint density at radius 2 is 1.81 bits per heavy atom. The molecule has 4 aromatic rings. The highest BCUT2D eigenvalue weighted by Gasteiger charge is 2.26. The molecule has 0 fully saturated rings. The summed E-state index contributed by atoms with van der Waals surface area (Å²) in [5.41, 5.74) is 1.07. The number of nitrogens with zero attached hydrogens (tertiary/aromatic N) is 4. The van der Waals surface area contributed by atoms with Gasteiger partial charge in [-0.05, 0) is 36.4 Å². The van der Waals surface area contributed by atoms with Gasteiger partial charge in [0.15, 0.2) is 0 Å². The van der Waals surface area contributed by atoms with Gasteiger partial charge >= 0.3 is 17.5 Å². The van der Waals surface area contributed by atoms with Gasteiger partial charge in [-0.3, -0.25) is 15.1 Å². The lowest BCUT2D eigenvalue weighted by atomic mass is 10.2. The number of nitrogens with one attached hydrogen (secondary N) is 1. The Bertz CT molecular complexity index is 1270. The molecule has 0 unspecified atom stereocenters. The van der Waals surface area contributed by atoms with Gasteiger partial charge in [0.2, 0.25) is 5.82 Å². The third-order valence-corrected chi connectivity index (χ3v) is 4.35. The number of esters is 1. The molecule has 0 aliphatic rings.